The Bertz CT molecular complexity index is 1080. The number of hydrogen-bond donors (Lipinski definition) is 3. The summed E-state index contributed by atoms with van der Waals surface area (Å²) in [5, 5.41) is 31.7. The van der Waals surface area contributed by atoms with E-state index in [0.29, 0.717) is 4.88 Å². The minimum atomic E-state index is -1.22. The summed E-state index contributed by atoms with van der Waals surface area (Å²) in [5.41, 5.74) is -0.163. The van der Waals surface area contributed by atoms with Crippen LogP contribution in [0.1, 0.15) is 53.3 Å². The van der Waals surface area contributed by atoms with E-state index in [1.165, 1.54) is 23.5 Å². The Morgan fingerprint density at radius 2 is 1.54 bits per heavy atom. The van der Waals surface area contributed by atoms with Crippen LogP contribution in [0.5, 0.6) is 11.5 Å². The first-order chi connectivity index (χ1) is 12.4. The Morgan fingerprint density at radius 3 is 2.12 bits per heavy atom. The normalized spacial score (nSPS) is 14.1. The molecule has 6 heteroatoms. The summed E-state index contributed by atoms with van der Waals surface area (Å²) in [6.45, 7) is 1.88. The van der Waals surface area contributed by atoms with Crippen molar-refractivity contribution in [3.63, 3.8) is 0 Å². The molecule has 2 aromatic carbocycles. The number of aromatic hydroxyl groups is 2. The van der Waals surface area contributed by atoms with E-state index in [-0.39, 0.29) is 27.8 Å². The topological polar surface area (TPSA) is 94.8 Å². The maximum absolute atomic E-state index is 12.8. The van der Waals surface area contributed by atoms with E-state index in [1.807, 2.05) is 13.0 Å². The molecular formula is C20H14O5S. The van der Waals surface area contributed by atoms with Crippen molar-refractivity contribution in [2.45, 2.75) is 13.0 Å². The first kappa shape index (κ1) is 16.5. The molecule has 1 atom stereocenters. The largest absolute Gasteiger partial charge is 0.507 e. The standard InChI is InChI=1S/C20H14O5S/c1-9-6-7-14(26-9)17(22)12-8-13(21)15-16(20(12)25)19(24)11-5-3-2-4-10(11)18(15)23/h2-8,17,21-22,25H,1H3. The van der Waals surface area contributed by atoms with Gasteiger partial charge in [-0.05, 0) is 25.1 Å². The molecule has 3 N–H and O–H groups in total. The van der Waals surface area contributed by atoms with Gasteiger partial charge >= 0.3 is 0 Å². The summed E-state index contributed by atoms with van der Waals surface area (Å²) in [7, 11) is 0. The van der Waals surface area contributed by atoms with Gasteiger partial charge in [0.1, 0.15) is 17.6 Å². The summed E-state index contributed by atoms with van der Waals surface area (Å²) in [5.74, 6) is -2.01. The number of ketones is 2. The van der Waals surface area contributed by atoms with Crippen LogP contribution >= 0.6 is 11.3 Å². The van der Waals surface area contributed by atoms with Crippen molar-refractivity contribution in [3.8, 4) is 11.5 Å². The van der Waals surface area contributed by atoms with Gasteiger partial charge in [0, 0.05) is 26.4 Å². The van der Waals surface area contributed by atoms with Gasteiger partial charge in [-0.2, -0.15) is 0 Å². The Balaban J connectivity index is 1.94. The lowest BCUT2D eigenvalue weighted by Crippen LogP contribution is -2.22. The molecule has 1 aromatic heterocycles. The SMILES string of the molecule is Cc1ccc(C(O)c2cc(O)c3c(c2O)C(=O)c2ccccc2C3=O)s1. The van der Waals surface area contributed by atoms with Gasteiger partial charge in [0.05, 0.1) is 11.1 Å². The van der Waals surface area contributed by atoms with Crippen LogP contribution in [0.15, 0.2) is 42.5 Å². The highest BCUT2D eigenvalue weighted by Gasteiger charge is 2.36. The second-order valence-electron chi connectivity index (χ2n) is 6.14. The van der Waals surface area contributed by atoms with Gasteiger partial charge in [-0.1, -0.05) is 24.3 Å². The molecule has 1 aliphatic rings. The lowest BCUT2D eigenvalue weighted by molar-refractivity contribution is 0.0973. The summed E-state index contributed by atoms with van der Waals surface area (Å²) < 4.78 is 0. The second-order valence-corrected chi connectivity index (χ2v) is 7.46. The fourth-order valence-electron chi connectivity index (χ4n) is 3.24. The molecule has 0 aliphatic heterocycles. The number of benzene rings is 2. The minimum Gasteiger partial charge on any atom is -0.507 e. The van der Waals surface area contributed by atoms with Crippen LogP contribution < -0.4 is 0 Å². The first-order valence-corrected chi connectivity index (χ1v) is 8.73. The van der Waals surface area contributed by atoms with Crippen LogP contribution in [0.3, 0.4) is 0 Å². The number of aryl methyl sites for hydroxylation is 1. The van der Waals surface area contributed by atoms with Crippen LogP contribution in [0.4, 0.5) is 0 Å². The zero-order valence-corrected chi connectivity index (χ0v) is 14.5. The molecule has 0 spiro atoms. The number of thiophene rings is 1. The number of phenols is 2. The number of hydrogen-bond acceptors (Lipinski definition) is 6. The fourth-order valence-corrected chi connectivity index (χ4v) is 4.12. The van der Waals surface area contributed by atoms with E-state index in [2.05, 4.69) is 0 Å². The Labute approximate surface area is 152 Å². The molecule has 26 heavy (non-hydrogen) atoms. The molecule has 0 fully saturated rings. The van der Waals surface area contributed by atoms with Gasteiger partial charge in [0.25, 0.3) is 0 Å². The van der Waals surface area contributed by atoms with Gasteiger partial charge < -0.3 is 15.3 Å². The zero-order valence-electron chi connectivity index (χ0n) is 13.7. The van der Waals surface area contributed by atoms with Crippen molar-refractivity contribution in [2.75, 3.05) is 0 Å². The van der Waals surface area contributed by atoms with E-state index in [4.69, 9.17) is 0 Å². The molecule has 0 saturated heterocycles. The highest BCUT2D eigenvalue weighted by atomic mass is 32.1. The highest BCUT2D eigenvalue weighted by Crippen LogP contribution is 2.43. The quantitative estimate of drug-likeness (QED) is 0.473. The molecule has 4 rings (SSSR count). The average molecular weight is 366 g/mol. The molecule has 0 radical (unpaired) electrons. The van der Waals surface area contributed by atoms with Crippen molar-refractivity contribution in [2.24, 2.45) is 0 Å². The van der Waals surface area contributed by atoms with Crippen molar-refractivity contribution in [1.29, 1.82) is 0 Å². The molecule has 3 aromatic rings. The summed E-state index contributed by atoms with van der Waals surface area (Å²) >= 11 is 1.34. The third-order valence-corrected chi connectivity index (χ3v) is 5.56. The number of rotatable bonds is 2. The monoisotopic (exact) mass is 366 g/mol. The molecule has 1 unspecified atom stereocenters. The number of aliphatic hydroxyl groups excluding tert-OH is 1. The zero-order chi connectivity index (χ0) is 18.6. The molecule has 0 bridgehead atoms. The van der Waals surface area contributed by atoms with Crippen molar-refractivity contribution in [3.05, 3.63) is 80.0 Å². The van der Waals surface area contributed by atoms with Gasteiger partial charge in [-0.15, -0.1) is 11.3 Å². The minimum absolute atomic E-state index is 0.0105. The van der Waals surface area contributed by atoms with Crippen molar-refractivity contribution >= 4 is 22.9 Å². The van der Waals surface area contributed by atoms with E-state index in [1.54, 1.807) is 18.2 Å². The predicted molar refractivity (Wildman–Crippen MR) is 96.2 cm³/mol. The van der Waals surface area contributed by atoms with Gasteiger partial charge in [-0.3, -0.25) is 9.59 Å². The molecule has 1 heterocycles. The summed E-state index contributed by atoms with van der Waals surface area (Å²) in [6, 6.07) is 10.9. The number of aliphatic hydroxyl groups is 1. The molecule has 0 amide bonds. The molecule has 0 saturated carbocycles. The molecular weight excluding hydrogens is 352 g/mol. The first-order valence-electron chi connectivity index (χ1n) is 7.91. The Hall–Kier alpha value is -2.96. The second kappa shape index (κ2) is 5.79. The Morgan fingerprint density at radius 1 is 0.923 bits per heavy atom. The van der Waals surface area contributed by atoms with Crippen LogP contribution in [-0.2, 0) is 0 Å². The highest BCUT2D eigenvalue weighted by molar-refractivity contribution is 7.12. The Kier molecular flexibility index (Phi) is 3.68. The van der Waals surface area contributed by atoms with Crippen molar-refractivity contribution < 1.29 is 24.9 Å². The van der Waals surface area contributed by atoms with Crippen molar-refractivity contribution in [1.82, 2.24) is 0 Å². The van der Waals surface area contributed by atoms with Crippen LogP contribution in [-0.4, -0.2) is 26.9 Å². The number of phenolic OH excluding ortho intramolecular Hbond substituents is 2. The van der Waals surface area contributed by atoms with Gasteiger partial charge in [0.2, 0.25) is 0 Å². The van der Waals surface area contributed by atoms with Gasteiger partial charge in [0.15, 0.2) is 11.6 Å². The van der Waals surface area contributed by atoms with Crippen LogP contribution in [0.2, 0.25) is 0 Å². The number of carbonyl (C=O) groups excluding carboxylic acids is 2. The summed E-state index contributed by atoms with van der Waals surface area (Å²) in [4.78, 5) is 27.1. The number of fused-ring (bicyclic) bond motifs is 2. The molecule has 5 nitrogen and oxygen atoms in total. The average Bonchev–Trinajstić information content (AvgIpc) is 3.07. The van der Waals surface area contributed by atoms with E-state index in [9.17, 15) is 24.9 Å². The van der Waals surface area contributed by atoms with E-state index in [0.717, 1.165) is 10.9 Å². The molecule has 130 valence electrons. The van der Waals surface area contributed by atoms with Crippen LogP contribution in [0.25, 0.3) is 0 Å². The van der Waals surface area contributed by atoms with Gasteiger partial charge in [-0.25, -0.2) is 0 Å². The molecule has 1 aliphatic carbocycles. The lowest BCUT2D eigenvalue weighted by atomic mass is 9.81. The fraction of sp³-hybridized carbons (Fsp3) is 0.100. The third-order valence-electron chi connectivity index (χ3n) is 4.50. The lowest BCUT2D eigenvalue weighted by Gasteiger charge is -2.22. The van der Waals surface area contributed by atoms with E-state index < -0.39 is 29.2 Å². The maximum Gasteiger partial charge on any atom is 0.198 e. The predicted octanol–water partition coefficient (Wildman–Crippen LogP) is 3.32. The maximum atomic E-state index is 12.8. The third kappa shape index (κ3) is 2.27. The van der Waals surface area contributed by atoms with E-state index >= 15 is 0 Å². The smallest absolute Gasteiger partial charge is 0.198 e. The number of carbonyl (C=O) groups is 2. The summed E-state index contributed by atoms with van der Waals surface area (Å²) in [6.07, 6.45) is -1.22. The van der Waals surface area contributed by atoms with Crippen LogP contribution in [0, 0.1) is 6.92 Å².